The van der Waals surface area contributed by atoms with Gasteiger partial charge in [0.2, 0.25) is 0 Å². The molecule has 2 heterocycles. The highest BCUT2D eigenvalue weighted by Crippen LogP contribution is 2.23. The molecule has 10 heteroatoms. The SMILES string of the molecule is CC1=C(C(=O)OCCc2csc([N+](=O)[O-])c2)C(CF)NC(=S)N1. The molecule has 124 valence electrons. The number of halogens is 1. The first kappa shape index (κ1) is 17.3. The number of carbonyl (C=O) groups is 1. The molecule has 0 amide bonds. The van der Waals surface area contributed by atoms with Crippen LogP contribution in [0.5, 0.6) is 0 Å². The van der Waals surface area contributed by atoms with Crippen LogP contribution in [0.15, 0.2) is 22.7 Å². The Bertz CT molecular complexity index is 674. The van der Waals surface area contributed by atoms with Crippen LogP contribution < -0.4 is 10.6 Å². The quantitative estimate of drug-likeness (QED) is 0.346. The lowest BCUT2D eigenvalue weighted by Gasteiger charge is -2.27. The van der Waals surface area contributed by atoms with E-state index in [-0.39, 0.29) is 22.3 Å². The summed E-state index contributed by atoms with van der Waals surface area (Å²) in [7, 11) is 0. The van der Waals surface area contributed by atoms with Gasteiger partial charge in [-0.3, -0.25) is 10.1 Å². The number of ether oxygens (including phenoxy) is 1. The molecule has 0 bridgehead atoms. The Morgan fingerprint density at radius 2 is 2.35 bits per heavy atom. The zero-order valence-electron chi connectivity index (χ0n) is 12.1. The Balaban J connectivity index is 1.94. The Morgan fingerprint density at radius 1 is 1.61 bits per heavy atom. The maximum atomic E-state index is 13.0. The maximum absolute atomic E-state index is 13.0. The third-order valence-corrected chi connectivity index (χ3v) is 4.33. The van der Waals surface area contributed by atoms with Crippen LogP contribution >= 0.6 is 23.6 Å². The fraction of sp³-hybridized carbons (Fsp3) is 0.385. The number of thiophene rings is 1. The predicted molar refractivity (Wildman–Crippen MR) is 87.0 cm³/mol. The number of hydrogen-bond acceptors (Lipinski definition) is 6. The number of nitrogens with one attached hydrogen (secondary N) is 2. The van der Waals surface area contributed by atoms with Crippen molar-refractivity contribution in [3.05, 3.63) is 38.4 Å². The molecule has 1 atom stereocenters. The van der Waals surface area contributed by atoms with E-state index in [1.165, 1.54) is 6.07 Å². The van der Waals surface area contributed by atoms with E-state index in [9.17, 15) is 19.3 Å². The lowest BCUT2D eigenvalue weighted by molar-refractivity contribution is -0.380. The number of rotatable bonds is 6. The molecular weight excluding hydrogens is 345 g/mol. The highest BCUT2D eigenvalue weighted by molar-refractivity contribution is 7.80. The molecule has 2 rings (SSSR count). The summed E-state index contributed by atoms with van der Waals surface area (Å²) < 4.78 is 18.2. The van der Waals surface area contributed by atoms with Gasteiger partial charge in [-0.15, -0.1) is 0 Å². The van der Waals surface area contributed by atoms with E-state index in [0.29, 0.717) is 17.7 Å². The standard InChI is InChI=1S/C13H14FN3O4S2/c1-7-11(9(5-14)16-13(22)15-7)12(18)21-3-2-8-4-10(17(19)20)23-6-8/h4,6,9H,2-3,5H2,1H3,(H2,15,16,22). The summed E-state index contributed by atoms with van der Waals surface area (Å²) in [6, 6.07) is 0.605. The second-order valence-corrected chi connectivity index (χ2v) is 6.08. The molecule has 1 aromatic rings. The second-order valence-electron chi connectivity index (χ2n) is 4.78. The summed E-state index contributed by atoms with van der Waals surface area (Å²) in [5, 5.41) is 18.0. The maximum Gasteiger partial charge on any atom is 0.337 e. The molecule has 0 radical (unpaired) electrons. The van der Waals surface area contributed by atoms with E-state index in [4.69, 9.17) is 17.0 Å². The molecule has 0 aromatic carbocycles. The molecule has 23 heavy (non-hydrogen) atoms. The summed E-state index contributed by atoms with van der Waals surface area (Å²) >= 11 is 5.93. The van der Waals surface area contributed by atoms with Gasteiger partial charge in [0.05, 0.1) is 23.1 Å². The minimum Gasteiger partial charge on any atom is -0.462 e. The van der Waals surface area contributed by atoms with E-state index in [1.807, 2.05) is 0 Å². The predicted octanol–water partition coefficient (Wildman–Crippen LogP) is 1.83. The number of nitro groups is 1. The fourth-order valence-corrected chi connectivity index (χ4v) is 3.16. The number of allylic oxidation sites excluding steroid dienone is 1. The van der Waals surface area contributed by atoms with Crippen molar-refractivity contribution in [2.45, 2.75) is 19.4 Å². The van der Waals surface area contributed by atoms with Crippen molar-refractivity contribution in [3.63, 3.8) is 0 Å². The zero-order chi connectivity index (χ0) is 17.0. The number of esters is 1. The number of nitrogens with zero attached hydrogens (tertiary/aromatic N) is 1. The fourth-order valence-electron chi connectivity index (χ4n) is 2.11. The van der Waals surface area contributed by atoms with Crippen LogP contribution in [0.1, 0.15) is 12.5 Å². The van der Waals surface area contributed by atoms with Gasteiger partial charge in [-0.2, -0.15) is 0 Å². The van der Waals surface area contributed by atoms with Crippen molar-refractivity contribution >= 4 is 39.6 Å². The van der Waals surface area contributed by atoms with E-state index >= 15 is 0 Å². The highest BCUT2D eigenvalue weighted by Gasteiger charge is 2.29. The van der Waals surface area contributed by atoms with Crippen LogP contribution in [0.4, 0.5) is 9.39 Å². The molecule has 0 aliphatic carbocycles. The average Bonchev–Trinajstić information content (AvgIpc) is 2.95. The van der Waals surface area contributed by atoms with Gasteiger partial charge in [0.1, 0.15) is 6.67 Å². The first-order valence-electron chi connectivity index (χ1n) is 6.65. The molecular formula is C13H14FN3O4S2. The smallest absolute Gasteiger partial charge is 0.337 e. The van der Waals surface area contributed by atoms with E-state index in [2.05, 4.69) is 10.6 Å². The molecule has 1 aliphatic rings. The molecule has 1 aliphatic heterocycles. The molecule has 0 spiro atoms. The molecule has 0 fully saturated rings. The molecule has 1 unspecified atom stereocenters. The summed E-state index contributed by atoms with van der Waals surface area (Å²) in [6.07, 6.45) is 0.349. The van der Waals surface area contributed by atoms with Gasteiger partial charge in [-0.25, -0.2) is 9.18 Å². The molecule has 2 N–H and O–H groups in total. The monoisotopic (exact) mass is 359 g/mol. The number of carbonyl (C=O) groups excluding carboxylic acids is 1. The molecule has 1 aromatic heterocycles. The van der Waals surface area contributed by atoms with Gasteiger partial charge >= 0.3 is 11.0 Å². The van der Waals surface area contributed by atoms with Crippen molar-refractivity contribution in [1.29, 1.82) is 0 Å². The lowest BCUT2D eigenvalue weighted by Crippen LogP contribution is -2.50. The third-order valence-electron chi connectivity index (χ3n) is 3.18. The number of alkyl halides is 1. The van der Waals surface area contributed by atoms with Crippen LogP contribution in [-0.4, -0.2) is 35.3 Å². The van der Waals surface area contributed by atoms with Crippen molar-refractivity contribution in [3.8, 4) is 0 Å². The largest absolute Gasteiger partial charge is 0.462 e. The third kappa shape index (κ3) is 4.23. The van der Waals surface area contributed by atoms with Crippen molar-refractivity contribution in [1.82, 2.24) is 10.6 Å². The van der Waals surface area contributed by atoms with Crippen LogP contribution in [-0.2, 0) is 16.0 Å². The van der Waals surface area contributed by atoms with Crippen LogP contribution in [0, 0.1) is 10.1 Å². The Morgan fingerprint density at radius 3 is 2.96 bits per heavy atom. The van der Waals surface area contributed by atoms with Gasteiger partial charge in [0.25, 0.3) is 0 Å². The van der Waals surface area contributed by atoms with Crippen LogP contribution in [0.2, 0.25) is 0 Å². The van der Waals surface area contributed by atoms with E-state index < -0.39 is 23.6 Å². The zero-order valence-corrected chi connectivity index (χ0v) is 13.8. The van der Waals surface area contributed by atoms with Gasteiger partial charge in [-0.05, 0) is 24.7 Å². The minimum atomic E-state index is -0.835. The Hall–Kier alpha value is -2.07. The number of thiocarbonyl (C=S) groups is 1. The first-order valence-corrected chi connectivity index (χ1v) is 7.94. The average molecular weight is 359 g/mol. The first-order chi connectivity index (χ1) is 10.9. The Labute approximate surface area is 140 Å². The summed E-state index contributed by atoms with van der Waals surface area (Å²) in [5.41, 5.74) is 1.33. The summed E-state index contributed by atoms with van der Waals surface area (Å²) in [6.45, 7) is 0.877. The van der Waals surface area contributed by atoms with Crippen LogP contribution in [0.25, 0.3) is 0 Å². The topological polar surface area (TPSA) is 93.5 Å². The summed E-state index contributed by atoms with van der Waals surface area (Å²) in [5.74, 6) is -0.641. The van der Waals surface area contributed by atoms with Crippen molar-refractivity contribution in [2.75, 3.05) is 13.3 Å². The van der Waals surface area contributed by atoms with Gasteiger partial charge in [-0.1, -0.05) is 11.3 Å². The van der Waals surface area contributed by atoms with Crippen molar-refractivity contribution < 1.29 is 18.8 Å². The summed E-state index contributed by atoms with van der Waals surface area (Å²) in [4.78, 5) is 22.2. The van der Waals surface area contributed by atoms with Gasteiger partial charge in [0.15, 0.2) is 5.11 Å². The number of hydrogen-bond donors (Lipinski definition) is 2. The Kier molecular flexibility index (Phi) is 5.61. The lowest BCUT2D eigenvalue weighted by atomic mass is 10.0. The highest BCUT2D eigenvalue weighted by atomic mass is 32.1. The molecule has 0 saturated heterocycles. The second kappa shape index (κ2) is 7.47. The van der Waals surface area contributed by atoms with Crippen molar-refractivity contribution in [2.24, 2.45) is 0 Å². The molecule has 0 saturated carbocycles. The van der Waals surface area contributed by atoms with Gasteiger partial charge in [0, 0.05) is 23.6 Å². The van der Waals surface area contributed by atoms with E-state index in [1.54, 1.807) is 12.3 Å². The minimum absolute atomic E-state index is 0.0385. The van der Waals surface area contributed by atoms with E-state index in [0.717, 1.165) is 11.3 Å². The van der Waals surface area contributed by atoms with Gasteiger partial charge < -0.3 is 15.4 Å². The normalized spacial score (nSPS) is 17.5. The molecule has 7 nitrogen and oxygen atoms in total. The van der Waals surface area contributed by atoms with Crippen LogP contribution in [0.3, 0.4) is 0 Å².